The van der Waals surface area contributed by atoms with Crippen LogP contribution in [0.3, 0.4) is 0 Å². The summed E-state index contributed by atoms with van der Waals surface area (Å²) < 4.78 is 39.2. The quantitative estimate of drug-likeness (QED) is 0.618. The van der Waals surface area contributed by atoms with Gasteiger partial charge in [0.15, 0.2) is 0 Å². The summed E-state index contributed by atoms with van der Waals surface area (Å²) in [6, 6.07) is 12.1. The van der Waals surface area contributed by atoms with Gasteiger partial charge in [0.1, 0.15) is 0 Å². The molecule has 0 saturated carbocycles. The van der Waals surface area contributed by atoms with E-state index < -0.39 is 17.6 Å². The number of anilines is 2. The number of nitrogens with zero attached hydrogens (tertiary/aromatic N) is 1. The van der Waals surface area contributed by atoms with E-state index in [1.807, 2.05) is 18.4 Å². The number of hydrogen-bond donors (Lipinski definition) is 2. The summed E-state index contributed by atoms with van der Waals surface area (Å²) in [6.45, 7) is 1.87. The van der Waals surface area contributed by atoms with E-state index in [1.165, 1.54) is 30.0 Å². The van der Waals surface area contributed by atoms with Gasteiger partial charge in [-0.25, -0.2) is 0 Å². The molecule has 0 fully saturated rings. The van der Waals surface area contributed by atoms with Crippen molar-refractivity contribution in [3.8, 4) is 0 Å². The summed E-state index contributed by atoms with van der Waals surface area (Å²) in [5.74, 6) is -0.933. The molecule has 0 atom stereocenters. The van der Waals surface area contributed by atoms with Gasteiger partial charge < -0.3 is 10.6 Å². The highest BCUT2D eigenvalue weighted by Crippen LogP contribution is 2.34. The van der Waals surface area contributed by atoms with Crippen LogP contribution in [-0.2, 0) is 15.8 Å². The lowest BCUT2D eigenvalue weighted by atomic mass is 10.1. The van der Waals surface area contributed by atoms with Gasteiger partial charge in [0.25, 0.3) is 0 Å². The van der Waals surface area contributed by atoms with E-state index in [1.54, 1.807) is 24.0 Å². The number of likely N-dealkylation sites (N-methyl/N-ethyl adjacent to an activating group) is 1. The van der Waals surface area contributed by atoms with Gasteiger partial charge in [0.2, 0.25) is 11.8 Å². The highest BCUT2D eigenvalue weighted by atomic mass is 32.2. The van der Waals surface area contributed by atoms with Crippen LogP contribution >= 0.6 is 11.8 Å². The normalized spacial score (nSPS) is 11.4. The molecule has 0 bridgehead atoms. The van der Waals surface area contributed by atoms with Crippen LogP contribution in [-0.4, -0.2) is 42.6 Å². The molecular formula is C20H22F3N3O2S. The molecule has 0 aliphatic heterocycles. The number of nitrogens with one attached hydrogen (secondary N) is 2. The Balaban J connectivity index is 1.98. The standard InChI is InChI=1S/C20H22F3N3O2S/c1-3-26(13-19(28)25-16-10-6-7-11-17(16)29-2)12-18(27)24-15-9-5-4-8-14(15)20(21,22)23/h4-11H,3,12-13H2,1-2H3,(H,24,27)(H,25,28). The Hall–Kier alpha value is -2.52. The molecule has 2 amide bonds. The monoisotopic (exact) mass is 425 g/mol. The second-order valence-corrected chi connectivity index (χ2v) is 6.99. The Morgan fingerprint density at radius 1 is 0.931 bits per heavy atom. The molecule has 0 aliphatic carbocycles. The Labute approximate surface area is 171 Å². The number of para-hydroxylation sites is 2. The number of carbonyl (C=O) groups excluding carboxylic acids is 2. The molecule has 0 radical (unpaired) electrons. The van der Waals surface area contributed by atoms with Crippen LogP contribution in [0.25, 0.3) is 0 Å². The smallest absolute Gasteiger partial charge is 0.324 e. The summed E-state index contributed by atoms with van der Waals surface area (Å²) in [4.78, 5) is 27.0. The molecule has 29 heavy (non-hydrogen) atoms. The van der Waals surface area contributed by atoms with Gasteiger partial charge in [0, 0.05) is 4.90 Å². The van der Waals surface area contributed by atoms with Crippen molar-refractivity contribution in [2.75, 3.05) is 36.5 Å². The maximum absolute atomic E-state index is 13.1. The number of carbonyl (C=O) groups is 2. The fourth-order valence-electron chi connectivity index (χ4n) is 2.65. The number of hydrogen-bond acceptors (Lipinski definition) is 4. The van der Waals surface area contributed by atoms with Crippen molar-refractivity contribution in [2.45, 2.75) is 18.0 Å². The molecule has 5 nitrogen and oxygen atoms in total. The zero-order valence-corrected chi connectivity index (χ0v) is 16.9. The van der Waals surface area contributed by atoms with Crippen LogP contribution in [0.1, 0.15) is 12.5 Å². The highest BCUT2D eigenvalue weighted by molar-refractivity contribution is 7.98. The lowest BCUT2D eigenvalue weighted by molar-refractivity contribution is -0.137. The van der Waals surface area contributed by atoms with Crippen LogP contribution in [0.15, 0.2) is 53.4 Å². The number of halogens is 3. The van der Waals surface area contributed by atoms with E-state index in [9.17, 15) is 22.8 Å². The number of amides is 2. The zero-order valence-electron chi connectivity index (χ0n) is 16.0. The molecular weight excluding hydrogens is 403 g/mol. The Morgan fingerprint density at radius 2 is 1.45 bits per heavy atom. The zero-order chi connectivity index (χ0) is 21.4. The van der Waals surface area contributed by atoms with Crippen molar-refractivity contribution in [1.82, 2.24) is 4.90 Å². The molecule has 2 rings (SSSR count). The van der Waals surface area contributed by atoms with Gasteiger partial charge in [-0.2, -0.15) is 13.2 Å². The average Bonchev–Trinajstić information content (AvgIpc) is 2.67. The average molecular weight is 425 g/mol. The summed E-state index contributed by atoms with van der Waals surface area (Å²) in [5, 5.41) is 5.08. The fraction of sp³-hybridized carbons (Fsp3) is 0.300. The Morgan fingerprint density at radius 3 is 2.00 bits per heavy atom. The van der Waals surface area contributed by atoms with Crippen LogP contribution in [0.5, 0.6) is 0 Å². The molecule has 156 valence electrons. The van der Waals surface area contributed by atoms with Crippen LogP contribution in [0.2, 0.25) is 0 Å². The minimum absolute atomic E-state index is 0.0620. The van der Waals surface area contributed by atoms with Gasteiger partial charge in [-0.1, -0.05) is 31.2 Å². The van der Waals surface area contributed by atoms with E-state index in [0.717, 1.165) is 11.0 Å². The predicted molar refractivity (Wildman–Crippen MR) is 109 cm³/mol. The molecule has 0 heterocycles. The Bertz CT molecular complexity index is 859. The molecule has 2 aromatic rings. The topological polar surface area (TPSA) is 61.4 Å². The molecule has 9 heteroatoms. The molecule has 0 unspecified atom stereocenters. The third-order valence-corrected chi connectivity index (χ3v) is 4.87. The molecule has 0 spiro atoms. The molecule has 0 aliphatic rings. The maximum atomic E-state index is 13.1. The fourth-order valence-corrected chi connectivity index (χ4v) is 3.21. The van der Waals surface area contributed by atoms with Gasteiger partial charge >= 0.3 is 6.18 Å². The minimum Gasteiger partial charge on any atom is -0.324 e. The van der Waals surface area contributed by atoms with Crippen molar-refractivity contribution in [3.63, 3.8) is 0 Å². The van der Waals surface area contributed by atoms with Gasteiger partial charge in [-0.3, -0.25) is 14.5 Å². The first-order valence-corrected chi connectivity index (χ1v) is 10.1. The predicted octanol–water partition coefficient (Wildman–Crippen LogP) is 4.33. The van der Waals surface area contributed by atoms with Crippen molar-refractivity contribution in [3.05, 3.63) is 54.1 Å². The second kappa shape index (κ2) is 10.3. The molecule has 0 aromatic heterocycles. The lowest BCUT2D eigenvalue weighted by Crippen LogP contribution is -2.38. The van der Waals surface area contributed by atoms with Gasteiger partial charge in [-0.15, -0.1) is 11.8 Å². The maximum Gasteiger partial charge on any atom is 0.418 e. The first-order valence-electron chi connectivity index (χ1n) is 8.86. The second-order valence-electron chi connectivity index (χ2n) is 6.14. The van der Waals surface area contributed by atoms with E-state index in [-0.39, 0.29) is 24.7 Å². The summed E-state index contributed by atoms with van der Waals surface area (Å²) in [5.41, 5.74) is -0.549. The molecule has 2 N–H and O–H groups in total. The van der Waals surface area contributed by atoms with E-state index in [0.29, 0.717) is 12.2 Å². The summed E-state index contributed by atoms with van der Waals surface area (Å²) in [7, 11) is 0. The van der Waals surface area contributed by atoms with E-state index >= 15 is 0 Å². The largest absolute Gasteiger partial charge is 0.418 e. The SMILES string of the molecule is CCN(CC(=O)Nc1ccccc1SC)CC(=O)Nc1ccccc1C(F)(F)F. The van der Waals surface area contributed by atoms with E-state index in [4.69, 9.17) is 0 Å². The third-order valence-electron chi connectivity index (χ3n) is 4.07. The number of rotatable bonds is 8. The summed E-state index contributed by atoms with van der Waals surface area (Å²) >= 11 is 1.49. The van der Waals surface area contributed by atoms with Gasteiger partial charge in [0.05, 0.1) is 30.0 Å². The summed E-state index contributed by atoms with van der Waals surface area (Å²) in [6.07, 6.45) is -2.68. The number of alkyl halides is 3. The highest BCUT2D eigenvalue weighted by Gasteiger charge is 2.33. The molecule has 0 saturated heterocycles. The van der Waals surface area contributed by atoms with Crippen molar-refractivity contribution in [1.29, 1.82) is 0 Å². The Kier molecular flexibility index (Phi) is 8.10. The minimum atomic E-state index is -4.57. The first-order chi connectivity index (χ1) is 13.7. The van der Waals surface area contributed by atoms with Crippen molar-refractivity contribution in [2.24, 2.45) is 0 Å². The van der Waals surface area contributed by atoms with Crippen molar-refractivity contribution < 1.29 is 22.8 Å². The molecule has 2 aromatic carbocycles. The first kappa shape index (κ1) is 22.8. The lowest BCUT2D eigenvalue weighted by Gasteiger charge is -2.20. The van der Waals surface area contributed by atoms with Crippen LogP contribution in [0, 0.1) is 0 Å². The van der Waals surface area contributed by atoms with E-state index in [2.05, 4.69) is 10.6 Å². The van der Waals surface area contributed by atoms with Crippen LogP contribution in [0.4, 0.5) is 24.5 Å². The number of thioether (sulfide) groups is 1. The van der Waals surface area contributed by atoms with Crippen molar-refractivity contribution >= 4 is 35.0 Å². The van der Waals surface area contributed by atoms with Gasteiger partial charge in [-0.05, 0) is 37.1 Å². The number of benzene rings is 2. The van der Waals surface area contributed by atoms with Crippen LogP contribution < -0.4 is 10.6 Å². The third kappa shape index (κ3) is 6.79.